The molecule has 28 heavy (non-hydrogen) atoms. The monoisotopic (exact) mass is 405 g/mol. The zero-order chi connectivity index (χ0) is 20.4. The maximum absolute atomic E-state index is 12.6. The van der Waals surface area contributed by atoms with Crippen molar-refractivity contribution in [2.24, 2.45) is 16.8 Å². The molecule has 0 saturated carbocycles. The van der Waals surface area contributed by atoms with E-state index in [1.807, 2.05) is 13.1 Å². The van der Waals surface area contributed by atoms with Crippen molar-refractivity contribution in [3.8, 4) is 0 Å². The van der Waals surface area contributed by atoms with Crippen LogP contribution in [0.5, 0.6) is 0 Å². The number of hydrogen-bond donors (Lipinski definition) is 2. The van der Waals surface area contributed by atoms with Crippen LogP contribution in [-0.2, 0) is 9.53 Å². The molecular weight excluding hydrogens is 370 g/mol. The number of carbonyl (C=O) groups excluding carboxylic acids is 1. The molecule has 0 aliphatic carbocycles. The van der Waals surface area contributed by atoms with Crippen molar-refractivity contribution in [2.45, 2.75) is 45.6 Å². The average molecular weight is 406 g/mol. The third-order valence-corrected chi connectivity index (χ3v) is 6.11. The number of thioether (sulfide) groups is 1. The first kappa shape index (κ1) is 22.9. The Balaban J connectivity index is 1.88. The fourth-order valence-corrected chi connectivity index (χ4v) is 4.35. The Hall–Kier alpha value is -1.37. The van der Waals surface area contributed by atoms with E-state index in [9.17, 15) is 4.79 Å². The normalized spacial score (nSPS) is 23.1. The Kier molecular flexibility index (Phi) is 10.0. The van der Waals surface area contributed by atoms with E-state index in [1.54, 1.807) is 11.8 Å². The fourth-order valence-electron chi connectivity index (χ4n) is 3.45. The van der Waals surface area contributed by atoms with E-state index >= 15 is 0 Å². The summed E-state index contributed by atoms with van der Waals surface area (Å²) in [7, 11) is 1.93. The van der Waals surface area contributed by atoms with Gasteiger partial charge in [0.2, 0.25) is 5.91 Å². The molecule has 1 atom stereocenters. The Labute approximate surface area is 174 Å². The third-order valence-electron chi connectivity index (χ3n) is 5.14. The van der Waals surface area contributed by atoms with E-state index < -0.39 is 0 Å². The van der Waals surface area contributed by atoms with Crippen LogP contribution in [0.1, 0.15) is 39.5 Å². The van der Waals surface area contributed by atoms with Crippen molar-refractivity contribution in [1.82, 2.24) is 10.6 Å². The molecule has 2 aliphatic heterocycles. The van der Waals surface area contributed by atoms with Gasteiger partial charge in [-0.25, -0.2) is 4.99 Å². The van der Waals surface area contributed by atoms with Crippen molar-refractivity contribution in [2.75, 3.05) is 32.6 Å². The van der Waals surface area contributed by atoms with Crippen molar-refractivity contribution < 1.29 is 9.53 Å². The molecule has 1 unspecified atom stereocenters. The molecule has 0 aromatic rings. The minimum atomic E-state index is 0.0921. The molecule has 0 aromatic heterocycles. The highest BCUT2D eigenvalue weighted by atomic mass is 32.2. The Morgan fingerprint density at radius 2 is 2.11 bits per heavy atom. The molecule has 6 heteroatoms. The molecule has 1 amide bonds. The van der Waals surface area contributed by atoms with Gasteiger partial charge >= 0.3 is 0 Å². The van der Waals surface area contributed by atoms with Gasteiger partial charge in [-0.15, -0.1) is 11.8 Å². The summed E-state index contributed by atoms with van der Waals surface area (Å²) in [4.78, 5) is 17.2. The summed E-state index contributed by atoms with van der Waals surface area (Å²) >= 11 is 1.70. The van der Waals surface area contributed by atoms with Gasteiger partial charge < -0.3 is 15.4 Å². The second kappa shape index (κ2) is 12.2. The molecule has 0 radical (unpaired) electrons. The van der Waals surface area contributed by atoms with Crippen molar-refractivity contribution in [3.63, 3.8) is 0 Å². The maximum atomic E-state index is 12.6. The van der Waals surface area contributed by atoms with Gasteiger partial charge in [0.05, 0.1) is 10.7 Å². The maximum Gasteiger partial charge on any atom is 0.220 e. The zero-order valence-electron chi connectivity index (χ0n) is 17.5. The van der Waals surface area contributed by atoms with Crippen LogP contribution in [0.4, 0.5) is 0 Å². The summed E-state index contributed by atoms with van der Waals surface area (Å²) in [5.74, 6) is 1.92. The Bertz CT molecular complexity index is 619. The van der Waals surface area contributed by atoms with Gasteiger partial charge in [0, 0.05) is 44.4 Å². The first-order valence-corrected chi connectivity index (χ1v) is 11.3. The number of rotatable bonds is 8. The van der Waals surface area contributed by atoms with Crippen molar-refractivity contribution in [1.29, 1.82) is 0 Å². The van der Waals surface area contributed by atoms with Gasteiger partial charge in [-0.05, 0) is 43.4 Å². The van der Waals surface area contributed by atoms with Gasteiger partial charge in [-0.3, -0.25) is 4.79 Å². The third kappa shape index (κ3) is 7.94. The van der Waals surface area contributed by atoms with E-state index in [0.29, 0.717) is 24.7 Å². The molecular formula is C22H35N3O2S. The lowest BCUT2D eigenvalue weighted by Crippen LogP contribution is -2.47. The highest BCUT2D eigenvalue weighted by molar-refractivity contribution is 8.14. The lowest BCUT2D eigenvalue weighted by Gasteiger charge is -2.31. The molecule has 5 nitrogen and oxygen atoms in total. The highest BCUT2D eigenvalue weighted by Crippen LogP contribution is 2.21. The summed E-state index contributed by atoms with van der Waals surface area (Å²) in [6.07, 6.45) is 9.42. The molecule has 0 bridgehead atoms. The van der Waals surface area contributed by atoms with Crippen LogP contribution in [0.3, 0.4) is 0 Å². The van der Waals surface area contributed by atoms with Gasteiger partial charge in [0.1, 0.15) is 0 Å². The summed E-state index contributed by atoms with van der Waals surface area (Å²) in [5.41, 5.74) is 2.04. The summed E-state index contributed by atoms with van der Waals surface area (Å²) < 4.78 is 5.45. The van der Waals surface area contributed by atoms with Gasteiger partial charge in [-0.1, -0.05) is 32.6 Å². The predicted octanol–water partition coefficient (Wildman–Crippen LogP) is 3.70. The lowest BCUT2D eigenvalue weighted by molar-refractivity contribution is -0.122. The second-order valence-electron chi connectivity index (χ2n) is 7.68. The average Bonchev–Trinajstić information content (AvgIpc) is 2.77. The van der Waals surface area contributed by atoms with E-state index in [2.05, 4.69) is 48.2 Å². The van der Waals surface area contributed by atoms with Crippen LogP contribution in [0.2, 0.25) is 0 Å². The molecule has 1 fully saturated rings. The van der Waals surface area contributed by atoms with E-state index in [-0.39, 0.29) is 11.9 Å². The number of likely N-dealkylation sites (N-methyl/N-ethyl adjacent to an activating group) is 1. The fraction of sp³-hybridized carbons (Fsp3) is 0.636. The predicted molar refractivity (Wildman–Crippen MR) is 120 cm³/mol. The Morgan fingerprint density at radius 3 is 2.79 bits per heavy atom. The van der Waals surface area contributed by atoms with Crippen LogP contribution < -0.4 is 10.6 Å². The SMILES string of the molecule is C=C1/C=C\C(C(C)C)=C/CSC(CCC(=O)NC(CNC)C2CCOCC2)=N1. The minimum Gasteiger partial charge on any atom is -0.381 e. The second-order valence-corrected chi connectivity index (χ2v) is 8.77. The number of aliphatic imine (C=N–C) groups is 1. The number of nitrogens with one attached hydrogen (secondary N) is 2. The van der Waals surface area contributed by atoms with Gasteiger partial charge in [0.25, 0.3) is 0 Å². The molecule has 156 valence electrons. The van der Waals surface area contributed by atoms with E-state index in [4.69, 9.17) is 4.74 Å². The molecule has 0 aromatic carbocycles. The summed E-state index contributed by atoms with van der Waals surface area (Å²) in [6, 6.07) is 0.158. The van der Waals surface area contributed by atoms with Crippen LogP contribution in [0, 0.1) is 11.8 Å². The van der Waals surface area contributed by atoms with Crippen molar-refractivity contribution >= 4 is 22.7 Å². The number of hydrogen-bond acceptors (Lipinski definition) is 5. The number of nitrogens with zero attached hydrogens (tertiary/aromatic N) is 1. The number of amides is 1. The Morgan fingerprint density at radius 1 is 1.36 bits per heavy atom. The molecule has 2 rings (SSSR count). The molecule has 0 spiro atoms. The van der Waals surface area contributed by atoms with Crippen LogP contribution in [0.25, 0.3) is 0 Å². The highest BCUT2D eigenvalue weighted by Gasteiger charge is 2.25. The van der Waals surface area contributed by atoms with Crippen LogP contribution in [-0.4, -0.2) is 49.6 Å². The standard InChI is InChI=1S/C22H35N3O2S/c1-16(2)18-6-5-17(3)24-22(28-14-11-18)8-7-21(26)25-20(15-23-4)19-9-12-27-13-10-19/h5-6,11,16,19-20,23H,3,7-10,12-15H2,1-2,4H3,(H,25,26)/b6-5-,18-11+,24-22?. The number of carbonyl (C=O) groups is 1. The lowest BCUT2D eigenvalue weighted by atomic mass is 9.91. The minimum absolute atomic E-state index is 0.0921. The first-order valence-electron chi connectivity index (χ1n) is 10.3. The molecule has 1 saturated heterocycles. The van der Waals surface area contributed by atoms with Crippen LogP contribution >= 0.6 is 11.8 Å². The van der Waals surface area contributed by atoms with Gasteiger partial charge in [-0.2, -0.15) is 0 Å². The smallest absolute Gasteiger partial charge is 0.220 e. The van der Waals surface area contributed by atoms with E-state index in [0.717, 1.165) is 49.1 Å². The topological polar surface area (TPSA) is 62.7 Å². The largest absolute Gasteiger partial charge is 0.381 e. The summed E-state index contributed by atoms with van der Waals surface area (Å²) in [6.45, 7) is 10.8. The van der Waals surface area contributed by atoms with Gasteiger partial charge in [0.15, 0.2) is 0 Å². The number of allylic oxidation sites excluding steroid dienone is 3. The quantitative estimate of drug-likeness (QED) is 0.646. The number of ether oxygens (including phenoxy) is 1. The molecule has 2 aliphatic rings. The van der Waals surface area contributed by atoms with E-state index in [1.165, 1.54) is 5.57 Å². The molecule has 2 heterocycles. The van der Waals surface area contributed by atoms with Crippen molar-refractivity contribution in [3.05, 3.63) is 36.1 Å². The molecule has 2 N–H and O–H groups in total. The summed E-state index contributed by atoms with van der Waals surface area (Å²) in [5, 5.41) is 7.41. The first-order chi connectivity index (χ1) is 13.5. The van der Waals surface area contributed by atoms with Crippen LogP contribution in [0.15, 0.2) is 41.1 Å². The zero-order valence-corrected chi connectivity index (χ0v) is 18.3.